The monoisotopic (exact) mass is 257 g/mol. The Morgan fingerprint density at radius 2 is 2.00 bits per heavy atom. The summed E-state index contributed by atoms with van der Waals surface area (Å²) < 4.78 is 0. The molecule has 0 saturated carbocycles. The average molecular weight is 258 g/mol. The molecule has 0 amide bonds. The summed E-state index contributed by atoms with van der Waals surface area (Å²) in [5, 5.41) is 19.4. The molecular formula is C11H16ClN3O2. The maximum atomic E-state index is 9.50. The van der Waals surface area contributed by atoms with Crippen molar-refractivity contribution in [2.45, 2.75) is 32.0 Å². The molecule has 0 aliphatic carbocycles. The fourth-order valence-electron chi connectivity index (χ4n) is 1.91. The number of β-amino-alcohol motifs (C(OH)–C–C–N with tert-alkyl or cyclic N) is 2. The predicted octanol–water partition coefficient (Wildman–Crippen LogP) is 0.624. The van der Waals surface area contributed by atoms with Crippen LogP contribution < -0.4 is 4.90 Å². The molecule has 1 aromatic heterocycles. The molecular weight excluding hydrogens is 242 g/mol. The largest absolute Gasteiger partial charge is 0.389 e. The smallest absolute Gasteiger partial charge is 0.134 e. The second-order valence-corrected chi connectivity index (χ2v) is 4.64. The zero-order valence-corrected chi connectivity index (χ0v) is 10.4. The van der Waals surface area contributed by atoms with E-state index >= 15 is 0 Å². The van der Waals surface area contributed by atoms with E-state index in [1.807, 2.05) is 11.8 Å². The average Bonchev–Trinajstić information content (AvgIpc) is 2.59. The molecule has 94 valence electrons. The number of halogens is 1. The quantitative estimate of drug-likeness (QED) is 0.777. The van der Waals surface area contributed by atoms with E-state index in [1.165, 1.54) is 0 Å². The van der Waals surface area contributed by atoms with Gasteiger partial charge in [0.2, 0.25) is 0 Å². The van der Waals surface area contributed by atoms with Crippen molar-refractivity contribution < 1.29 is 10.2 Å². The van der Waals surface area contributed by atoms with E-state index in [1.54, 1.807) is 6.07 Å². The second kappa shape index (κ2) is 5.16. The van der Waals surface area contributed by atoms with Crippen molar-refractivity contribution in [3.63, 3.8) is 0 Å². The van der Waals surface area contributed by atoms with Gasteiger partial charge in [0.15, 0.2) is 0 Å². The van der Waals surface area contributed by atoms with Crippen molar-refractivity contribution in [3.05, 3.63) is 17.0 Å². The van der Waals surface area contributed by atoms with E-state index < -0.39 is 12.2 Å². The molecule has 0 aromatic carbocycles. The third-order valence-electron chi connectivity index (χ3n) is 2.78. The Morgan fingerprint density at radius 3 is 2.59 bits per heavy atom. The summed E-state index contributed by atoms with van der Waals surface area (Å²) in [4.78, 5) is 10.3. The maximum absolute atomic E-state index is 9.50. The molecule has 6 heteroatoms. The molecule has 17 heavy (non-hydrogen) atoms. The van der Waals surface area contributed by atoms with E-state index in [9.17, 15) is 10.2 Å². The van der Waals surface area contributed by atoms with Gasteiger partial charge in [-0.2, -0.15) is 0 Å². The Balaban J connectivity index is 2.20. The number of aromatic nitrogens is 2. The van der Waals surface area contributed by atoms with E-state index in [-0.39, 0.29) is 0 Å². The first-order valence-electron chi connectivity index (χ1n) is 5.74. The van der Waals surface area contributed by atoms with E-state index in [0.29, 0.717) is 29.9 Å². The van der Waals surface area contributed by atoms with Gasteiger partial charge in [0.1, 0.15) is 16.8 Å². The number of hydrogen-bond donors (Lipinski definition) is 2. The number of rotatable bonds is 3. The van der Waals surface area contributed by atoms with Crippen LogP contribution in [-0.4, -0.2) is 45.5 Å². The van der Waals surface area contributed by atoms with Crippen LogP contribution in [0.5, 0.6) is 0 Å². The number of aliphatic hydroxyl groups excluding tert-OH is 2. The van der Waals surface area contributed by atoms with Crippen molar-refractivity contribution in [2.24, 2.45) is 0 Å². The van der Waals surface area contributed by atoms with Gasteiger partial charge in [0.25, 0.3) is 0 Å². The van der Waals surface area contributed by atoms with Crippen LogP contribution in [0.4, 0.5) is 5.82 Å². The summed E-state index contributed by atoms with van der Waals surface area (Å²) >= 11 is 5.93. The minimum absolute atomic E-state index is 0.375. The lowest BCUT2D eigenvalue weighted by atomic mass is 10.3. The Hall–Kier alpha value is -0.910. The van der Waals surface area contributed by atoms with Crippen LogP contribution in [0.15, 0.2) is 6.07 Å². The molecule has 0 radical (unpaired) electrons. The first-order chi connectivity index (χ1) is 8.10. The molecule has 2 rings (SSSR count). The number of hydrogen-bond acceptors (Lipinski definition) is 5. The molecule has 5 nitrogen and oxygen atoms in total. The highest BCUT2D eigenvalue weighted by Gasteiger charge is 2.30. The van der Waals surface area contributed by atoms with E-state index in [2.05, 4.69) is 9.97 Å². The van der Waals surface area contributed by atoms with Crippen molar-refractivity contribution in [1.29, 1.82) is 0 Å². The molecule has 2 N–H and O–H groups in total. The lowest BCUT2D eigenvalue weighted by Gasteiger charge is -2.17. The summed E-state index contributed by atoms with van der Waals surface area (Å²) in [5.41, 5.74) is 0. The van der Waals surface area contributed by atoms with Crippen LogP contribution in [0, 0.1) is 0 Å². The lowest BCUT2D eigenvalue weighted by molar-refractivity contribution is 0.0572. The van der Waals surface area contributed by atoms with E-state index in [4.69, 9.17) is 11.6 Å². The summed E-state index contributed by atoms with van der Waals surface area (Å²) in [7, 11) is 0. The molecule has 1 fully saturated rings. The van der Waals surface area contributed by atoms with Crippen LogP contribution in [0.3, 0.4) is 0 Å². The highest BCUT2D eigenvalue weighted by atomic mass is 35.5. The third-order valence-corrected chi connectivity index (χ3v) is 2.98. The van der Waals surface area contributed by atoms with Gasteiger partial charge >= 0.3 is 0 Å². The molecule has 0 spiro atoms. The van der Waals surface area contributed by atoms with Crippen LogP contribution >= 0.6 is 11.6 Å². The van der Waals surface area contributed by atoms with Crippen molar-refractivity contribution >= 4 is 17.4 Å². The number of nitrogens with zero attached hydrogens (tertiary/aromatic N) is 3. The van der Waals surface area contributed by atoms with Crippen molar-refractivity contribution in [2.75, 3.05) is 18.0 Å². The van der Waals surface area contributed by atoms with Gasteiger partial charge in [0, 0.05) is 25.6 Å². The molecule has 2 unspecified atom stereocenters. The molecule has 1 aromatic rings. The van der Waals surface area contributed by atoms with Gasteiger partial charge in [-0.25, -0.2) is 9.97 Å². The van der Waals surface area contributed by atoms with Gasteiger partial charge in [0.05, 0.1) is 12.2 Å². The van der Waals surface area contributed by atoms with Crippen LogP contribution in [0.1, 0.15) is 19.2 Å². The van der Waals surface area contributed by atoms with Crippen molar-refractivity contribution in [3.8, 4) is 0 Å². The number of anilines is 1. The minimum Gasteiger partial charge on any atom is -0.389 e. The van der Waals surface area contributed by atoms with Crippen LogP contribution in [0.2, 0.25) is 5.15 Å². The lowest BCUT2D eigenvalue weighted by Crippen LogP contribution is -2.22. The van der Waals surface area contributed by atoms with Gasteiger partial charge in [-0.05, 0) is 6.42 Å². The van der Waals surface area contributed by atoms with Gasteiger partial charge in [-0.1, -0.05) is 18.5 Å². The summed E-state index contributed by atoms with van der Waals surface area (Å²) in [6.45, 7) is 2.80. The highest BCUT2D eigenvalue weighted by molar-refractivity contribution is 6.29. The third kappa shape index (κ3) is 2.86. The number of aryl methyl sites for hydroxylation is 1. The zero-order valence-electron chi connectivity index (χ0n) is 9.67. The second-order valence-electron chi connectivity index (χ2n) is 4.25. The molecule has 1 aliphatic heterocycles. The summed E-state index contributed by atoms with van der Waals surface area (Å²) in [5.74, 6) is 1.37. The van der Waals surface area contributed by atoms with Gasteiger partial charge < -0.3 is 15.1 Å². The predicted molar refractivity (Wildman–Crippen MR) is 65.3 cm³/mol. The maximum Gasteiger partial charge on any atom is 0.134 e. The number of aliphatic hydroxyl groups is 2. The SMILES string of the molecule is CCCc1nc(Cl)cc(N2CC(O)C(O)C2)n1. The fraction of sp³-hybridized carbons (Fsp3) is 0.636. The van der Waals surface area contributed by atoms with Gasteiger partial charge in [-0.15, -0.1) is 0 Å². The first kappa shape index (κ1) is 12.5. The van der Waals surface area contributed by atoms with Crippen molar-refractivity contribution in [1.82, 2.24) is 9.97 Å². The first-order valence-corrected chi connectivity index (χ1v) is 6.12. The van der Waals surface area contributed by atoms with Crippen LogP contribution in [0.25, 0.3) is 0 Å². The van der Waals surface area contributed by atoms with E-state index in [0.717, 1.165) is 12.8 Å². The molecule has 2 heterocycles. The highest BCUT2D eigenvalue weighted by Crippen LogP contribution is 2.21. The minimum atomic E-state index is -0.724. The Bertz CT molecular complexity index is 392. The Labute approximate surface area is 105 Å². The topological polar surface area (TPSA) is 69.5 Å². The molecule has 2 atom stereocenters. The van der Waals surface area contributed by atoms with Gasteiger partial charge in [-0.3, -0.25) is 0 Å². The Morgan fingerprint density at radius 1 is 1.35 bits per heavy atom. The molecule has 0 bridgehead atoms. The molecule has 1 aliphatic rings. The molecule has 1 saturated heterocycles. The fourth-order valence-corrected chi connectivity index (χ4v) is 2.10. The normalized spacial score (nSPS) is 24.4. The summed E-state index contributed by atoms with van der Waals surface area (Å²) in [6, 6.07) is 1.66. The standard InChI is InChI=1S/C11H16ClN3O2/c1-2-3-10-13-9(12)4-11(14-10)15-5-7(16)8(17)6-15/h4,7-8,16-17H,2-3,5-6H2,1H3. The van der Waals surface area contributed by atoms with Crippen LogP contribution in [-0.2, 0) is 6.42 Å². The zero-order chi connectivity index (χ0) is 12.4. The summed E-state index contributed by atoms with van der Waals surface area (Å²) in [6.07, 6.45) is 0.272. The Kier molecular flexibility index (Phi) is 3.81.